The number of rotatable bonds is 5. The Bertz CT molecular complexity index is 922. The molecule has 0 fully saturated rings. The van der Waals surface area contributed by atoms with E-state index >= 15 is 0 Å². The number of anilines is 2. The summed E-state index contributed by atoms with van der Waals surface area (Å²) in [4.78, 5) is 23.0. The van der Waals surface area contributed by atoms with Crippen LogP contribution in [0.1, 0.15) is 15.9 Å². The number of nitro benzene ring substituents is 1. The number of benzene rings is 3. The molecule has 0 spiro atoms. The Morgan fingerprint density at radius 3 is 2.04 bits per heavy atom. The van der Waals surface area contributed by atoms with E-state index in [1.807, 2.05) is 0 Å². The zero-order valence-corrected chi connectivity index (χ0v) is 13.7. The van der Waals surface area contributed by atoms with Gasteiger partial charge in [-0.25, -0.2) is 0 Å². The van der Waals surface area contributed by atoms with Crippen molar-refractivity contribution < 1.29 is 9.72 Å². The molecule has 3 rings (SSSR count). The molecule has 0 amide bonds. The fourth-order valence-electron chi connectivity index (χ4n) is 2.37. The fraction of sp³-hybridized carbons (Fsp3) is 0. The third-order valence-corrected chi connectivity index (χ3v) is 3.89. The molecule has 1 N–H and O–H groups in total. The van der Waals surface area contributed by atoms with Crippen molar-refractivity contribution in [1.29, 1.82) is 0 Å². The van der Waals surface area contributed by atoms with E-state index < -0.39 is 4.92 Å². The maximum atomic E-state index is 12.4. The van der Waals surface area contributed by atoms with Crippen molar-refractivity contribution in [1.82, 2.24) is 0 Å². The van der Waals surface area contributed by atoms with Crippen LogP contribution < -0.4 is 5.32 Å². The van der Waals surface area contributed by atoms with Crippen molar-refractivity contribution in [2.45, 2.75) is 0 Å². The average molecular weight is 353 g/mol. The monoisotopic (exact) mass is 352 g/mol. The predicted molar refractivity (Wildman–Crippen MR) is 97.7 cm³/mol. The smallest absolute Gasteiger partial charge is 0.292 e. The first-order valence-corrected chi connectivity index (χ1v) is 7.83. The van der Waals surface area contributed by atoms with Gasteiger partial charge in [0, 0.05) is 27.9 Å². The summed E-state index contributed by atoms with van der Waals surface area (Å²) in [6, 6.07) is 19.8. The Morgan fingerprint density at radius 2 is 1.44 bits per heavy atom. The van der Waals surface area contributed by atoms with Crippen LogP contribution in [0.3, 0.4) is 0 Å². The third kappa shape index (κ3) is 3.84. The quantitative estimate of drug-likeness (QED) is 0.388. The summed E-state index contributed by atoms with van der Waals surface area (Å²) >= 11 is 5.83. The van der Waals surface area contributed by atoms with Gasteiger partial charge in [0.15, 0.2) is 5.78 Å². The molecule has 0 bridgehead atoms. The van der Waals surface area contributed by atoms with Gasteiger partial charge in [0.1, 0.15) is 5.69 Å². The molecular formula is C19H13ClN2O3. The summed E-state index contributed by atoms with van der Waals surface area (Å²) in [5.41, 5.74) is 2.11. The highest BCUT2D eigenvalue weighted by Crippen LogP contribution is 2.27. The van der Waals surface area contributed by atoms with Crippen molar-refractivity contribution in [2.75, 3.05) is 5.32 Å². The Balaban J connectivity index is 1.80. The van der Waals surface area contributed by atoms with Gasteiger partial charge in [-0.05, 0) is 54.6 Å². The van der Waals surface area contributed by atoms with Gasteiger partial charge >= 0.3 is 0 Å². The zero-order valence-electron chi connectivity index (χ0n) is 13.0. The molecule has 0 saturated carbocycles. The number of nitrogens with one attached hydrogen (secondary N) is 1. The molecule has 3 aromatic rings. The molecule has 0 aliphatic heterocycles. The van der Waals surface area contributed by atoms with Crippen molar-refractivity contribution >= 4 is 34.4 Å². The first-order valence-electron chi connectivity index (χ1n) is 7.45. The molecule has 0 atom stereocenters. The van der Waals surface area contributed by atoms with E-state index in [1.165, 1.54) is 6.07 Å². The second kappa shape index (κ2) is 7.15. The van der Waals surface area contributed by atoms with E-state index in [2.05, 4.69) is 5.32 Å². The molecule has 0 aliphatic carbocycles. The van der Waals surface area contributed by atoms with Crippen molar-refractivity contribution in [3.63, 3.8) is 0 Å². The lowest BCUT2D eigenvalue weighted by Gasteiger charge is -2.08. The minimum absolute atomic E-state index is 0.0104. The standard InChI is InChI=1S/C19H13ClN2O3/c20-15-9-5-13(6-10-15)19(23)14-7-11-16(12-8-14)21-17-3-1-2-4-18(17)22(24)25/h1-12,21H. The van der Waals surface area contributed by atoms with Crippen molar-refractivity contribution in [3.05, 3.63) is 99.1 Å². The van der Waals surface area contributed by atoms with Gasteiger partial charge in [0.05, 0.1) is 4.92 Å². The number of hydrogen-bond donors (Lipinski definition) is 1. The first-order chi connectivity index (χ1) is 12.0. The molecule has 0 aliphatic rings. The number of ketones is 1. The number of carbonyl (C=O) groups excluding carboxylic acids is 1. The topological polar surface area (TPSA) is 72.2 Å². The van der Waals surface area contributed by atoms with E-state index in [9.17, 15) is 14.9 Å². The van der Waals surface area contributed by atoms with Crippen molar-refractivity contribution in [3.8, 4) is 0 Å². The molecule has 6 heteroatoms. The number of carbonyl (C=O) groups is 1. The van der Waals surface area contributed by atoms with Crippen LogP contribution in [-0.2, 0) is 0 Å². The largest absolute Gasteiger partial charge is 0.350 e. The van der Waals surface area contributed by atoms with E-state index in [1.54, 1.807) is 66.7 Å². The van der Waals surface area contributed by atoms with Crippen molar-refractivity contribution in [2.24, 2.45) is 0 Å². The Hall–Kier alpha value is -3.18. The second-order valence-corrected chi connectivity index (χ2v) is 5.75. The summed E-state index contributed by atoms with van der Waals surface area (Å²) in [5.74, 6) is -0.117. The van der Waals surface area contributed by atoms with E-state index in [4.69, 9.17) is 11.6 Å². The van der Waals surface area contributed by atoms with E-state index in [0.29, 0.717) is 27.5 Å². The second-order valence-electron chi connectivity index (χ2n) is 5.31. The number of para-hydroxylation sites is 2. The van der Waals surface area contributed by atoms with Crippen LogP contribution in [0.2, 0.25) is 5.02 Å². The van der Waals surface area contributed by atoms with Gasteiger partial charge < -0.3 is 5.32 Å². The molecule has 0 radical (unpaired) electrons. The van der Waals surface area contributed by atoms with Crippen LogP contribution in [0, 0.1) is 10.1 Å². The maximum Gasteiger partial charge on any atom is 0.292 e. The third-order valence-electron chi connectivity index (χ3n) is 3.63. The molecular weight excluding hydrogens is 340 g/mol. The fourth-order valence-corrected chi connectivity index (χ4v) is 2.49. The SMILES string of the molecule is O=C(c1ccc(Cl)cc1)c1ccc(Nc2ccccc2[N+](=O)[O-])cc1. The minimum atomic E-state index is -0.444. The van der Waals surface area contributed by atoms with Crippen LogP contribution in [0.15, 0.2) is 72.8 Å². The molecule has 0 saturated heterocycles. The maximum absolute atomic E-state index is 12.4. The number of halogens is 1. The first kappa shape index (κ1) is 16.7. The number of hydrogen-bond acceptors (Lipinski definition) is 4. The molecule has 124 valence electrons. The van der Waals surface area contributed by atoms with Gasteiger partial charge in [0.25, 0.3) is 5.69 Å². The van der Waals surface area contributed by atoms with Crippen LogP contribution >= 0.6 is 11.6 Å². The summed E-state index contributed by atoms with van der Waals surface area (Å²) in [7, 11) is 0. The van der Waals surface area contributed by atoms with E-state index in [-0.39, 0.29) is 11.5 Å². The van der Waals surface area contributed by atoms with Crippen LogP contribution in [0.4, 0.5) is 17.1 Å². The summed E-state index contributed by atoms with van der Waals surface area (Å²) < 4.78 is 0. The number of nitro groups is 1. The Labute approximate surface area is 149 Å². The van der Waals surface area contributed by atoms with Crippen LogP contribution in [0.5, 0.6) is 0 Å². The van der Waals surface area contributed by atoms with E-state index in [0.717, 1.165) is 0 Å². The normalized spacial score (nSPS) is 10.3. The molecule has 0 heterocycles. The van der Waals surface area contributed by atoms with Crippen LogP contribution in [-0.4, -0.2) is 10.7 Å². The highest BCUT2D eigenvalue weighted by Gasteiger charge is 2.13. The van der Waals surface area contributed by atoms with Gasteiger partial charge in [0.2, 0.25) is 0 Å². The highest BCUT2D eigenvalue weighted by atomic mass is 35.5. The van der Waals surface area contributed by atoms with Gasteiger partial charge in [-0.3, -0.25) is 14.9 Å². The van der Waals surface area contributed by atoms with Crippen LogP contribution in [0.25, 0.3) is 0 Å². The summed E-state index contributed by atoms with van der Waals surface area (Å²) in [6.07, 6.45) is 0. The molecule has 0 unspecified atom stereocenters. The van der Waals surface area contributed by atoms with Gasteiger partial charge in [-0.15, -0.1) is 0 Å². The molecule has 0 aromatic heterocycles. The lowest BCUT2D eigenvalue weighted by molar-refractivity contribution is -0.383. The molecule has 5 nitrogen and oxygen atoms in total. The molecule has 25 heavy (non-hydrogen) atoms. The van der Waals surface area contributed by atoms with Gasteiger partial charge in [-0.1, -0.05) is 23.7 Å². The zero-order chi connectivity index (χ0) is 17.8. The molecule has 3 aromatic carbocycles. The summed E-state index contributed by atoms with van der Waals surface area (Å²) in [6.45, 7) is 0. The van der Waals surface area contributed by atoms with Gasteiger partial charge in [-0.2, -0.15) is 0 Å². The lowest BCUT2D eigenvalue weighted by atomic mass is 10.0. The predicted octanol–water partition coefficient (Wildman–Crippen LogP) is 5.22. The summed E-state index contributed by atoms with van der Waals surface area (Å²) in [5, 5.41) is 14.6. The highest BCUT2D eigenvalue weighted by molar-refractivity contribution is 6.30. The Kier molecular flexibility index (Phi) is 4.77. The minimum Gasteiger partial charge on any atom is -0.350 e. The number of nitrogens with zero attached hydrogens (tertiary/aromatic N) is 1. The Morgan fingerprint density at radius 1 is 0.880 bits per heavy atom. The average Bonchev–Trinajstić information content (AvgIpc) is 2.63. The lowest BCUT2D eigenvalue weighted by Crippen LogP contribution is -2.01.